The zero-order chi connectivity index (χ0) is 34.0. The summed E-state index contributed by atoms with van der Waals surface area (Å²) in [7, 11) is -1.33. The topological polar surface area (TPSA) is 112 Å². The molecule has 0 spiro atoms. The number of carbonyl (C=O) groups excluding carboxylic acids is 3. The Kier molecular flexibility index (Phi) is 14.2. The molecule has 0 aromatic heterocycles. The van der Waals surface area contributed by atoms with Crippen LogP contribution < -0.4 is 5.32 Å². The van der Waals surface area contributed by atoms with Crippen molar-refractivity contribution >= 4 is 26.2 Å². The molecule has 5 atom stereocenters. The van der Waals surface area contributed by atoms with Crippen molar-refractivity contribution in [1.82, 2.24) is 14.9 Å². The molecule has 1 aliphatic heterocycles. The summed E-state index contributed by atoms with van der Waals surface area (Å²) in [6.07, 6.45) is 11.8. The maximum absolute atomic E-state index is 14.0. The first kappa shape index (κ1) is 37.4. The molecule has 3 aliphatic rings. The average Bonchev–Trinajstić information content (AvgIpc) is 3.29. The van der Waals surface area contributed by atoms with E-state index in [0.717, 1.165) is 77.0 Å². The van der Waals surface area contributed by atoms with Crippen molar-refractivity contribution in [3.63, 3.8) is 0 Å². The smallest absolute Gasteiger partial charge is 0.261 e. The number of nitrogens with zero attached hydrogens (tertiary/aromatic N) is 3. The molecule has 4 rings (SSSR count). The summed E-state index contributed by atoms with van der Waals surface area (Å²) in [5, 5.41) is 12.5. The number of amides is 3. The van der Waals surface area contributed by atoms with Gasteiger partial charge in [-0.05, 0) is 96.6 Å². The number of hydrogen-bond donors (Lipinski definition) is 1. The lowest BCUT2D eigenvalue weighted by Gasteiger charge is -2.53. The number of imide groups is 1. The van der Waals surface area contributed by atoms with Gasteiger partial charge in [-0.1, -0.05) is 51.2 Å². The Balaban J connectivity index is 1.31. The number of benzene rings is 1. The van der Waals surface area contributed by atoms with Crippen molar-refractivity contribution in [2.75, 3.05) is 19.7 Å². The summed E-state index contributed by atoms with van der Waals surface area (Å²) < 4.78 is 15.5. The molecule has 2 fully saturated rings. The number of carbonyl (C=O) groups is 3. The van der Waals surface area contributed by atoms with Crippen LogP contribution >= 0.6 is 8.53 Å². The molecule has 10 heteroatoms. The third-order valence-corrected chi connectivity index (χ3v) is 12.6. The highest BCUT2D eigenvalue weighted by Gasteiger charge is 2.54. The van der Waals surface area contributed by atoms with Crippen LogP contribution in [-0.2, 0) is 13.8 Å². The first-order valence-corrected chi connectivity index (χ1v) is 19.3. The summed E-state index contributed by atoms with van der Waals surface area (Å²) in [5.41, 5.74) is 0.657. The molecule has 2 aliphatic carbocycles. The van der Waals surface area contributed by atoms with Gasteiger partial charge in [0.25, 0.3) is 20.3 Å². The molecule has 260 valence electrons. The van der Waals surface area contributed by atoms with E-state index in [4.69, 9.17) is 14.3 Å². The van der Waals surface area contributed by atoms with Crippen LogP contribution in [0.25, 0.3) is 0 Å². The summed E-state index contributed by atoms with van der Waals surface area (Å²) >= 11 is 0. The summed E-state index contributed by atoms with van der Waals surface area (Å²) in [5.74, 6) is 0.415. The number of nitrogens with one attached hydrogen (secondary N) is 1. The minimum atomic E-state index is -1.33. The first-order chi connectivity index (χ1) is 22.7. The van der Waals surface area contributed by atoms with Crippen molar-refractivity contribution < 1.29 is 23.4 Å². The van der Waals surface area contributed by atoms with Gasteiger partial charge < -0.3 is 14.4 Å². The second-order valence-electron chi connectivity index (χ2n) is 14.2. The highest BCUT2D eigenvalue weighted by molar-refractivity contribution is 7.44. The lowest BCUT2D eigenvalue weighted by atomic mass is 9.54. The Morgan fingerprint density at radius 2 is 1.72 bits per heavy atom. The van der Waals surface area contributed by atoms with Crippen molar-refractivity contribution in [2.24, 2.45) is 17.3 Å². The van der Waals surface area contributed by atoms with E-state index in [1.54, 1.807) is 24.3 Å². The molecular formula is C37H57N4O5P. The number of nitriles is 1. The zero-order valence-electron chi connectivity index (χ0n) is 29.3. The lowest BCUT2D eigenvalue weighted by molar-refractivity contribution is -0.147. The second-order valence-corrected chi connectivity index (χ2v) is 15.6. The largest absolute Gasteiger partial charge is 0.356 e. The maximum atomic E-state index is 14.0. The molecule has 0 radical (unpaired) electrons. The van der Waals surface area contributed by atoms with Crippen molar-refractivity contribution in [2.45, 2.75) is 136 Å². The first-order valence-electron chi connectivity index (χ1n) is 18.1. The Morgan fingerprint density at radius 3 is 2.36 bits per heavy atom. The Labute approximate surface area is 284 Å². The van der Waals surface area contributed by atoms with E-state index in [-0.39, 0.29) is 47.2 Å². The molecule has 0 bridgehead atoms. The monoisotopic (exact) mass is 668 g/mol. The molecule has 2 unspecified atom stereocenters. The highest BCUT2D eigenvalue weighted by Crippen LogP contribution is 2.58. The van der Waals surface area contributed by atoms with E-state index in [9.17, 15) is 14.4 Å². The molecule has 0 saturated heterocycles. The Hall–Kier alpha value is -2.37. The van der Waals surface area contributed by atoms with Gasteiger partial charge in [0.15, 0.2) is 0 Å². The minimum absolute atomic E-state index is 0.0364. The van der Waals surface area contributed by atoms with Gasteiger partial charge in [-0.2, -0.15) is 5.26 Å². The van der Waals surface area contributed by atoms with Crippen LogP contribution in [0, 0.1) is 28.6 Å². The van der Waals surface area contributed by atoms with Gasteiger partial charge in [0, 0.05) is 25.2 Å². The predicted molar refractivity (Wildman–Crippen MR) is 185 cm³/mol. The molecule has 1 heterocycles. The van der Waals surface area contributed by atoms with Gasteiger partial charge >= 0.3 is 0 Å². The number of fused-ring (bicyclic) bond motifs is 2. The van der Waals surface area contributed by atoms with E-state index in [2.05, 4.69) is 50.7 Å². The SMILES string of the molecule is CCC[C@H]1C(OP(OCCC#N)N(C(C)C)C(C)C)CC[C@@]2(C(=O)NCCCCCCN3C(=O)c4ccccc4C3=O)CCCC[C@H]12. The van der Waals surface area contributed by atoms with Gasteiger partial charge in [0.1, 0.15) is 0 Å². The van der Waals surface area contributed by atoms with Gasteiger partial charge in [-0.15, -0.1) is 0 Å². The summed E-state index contributed by atoms with van der Waals surface area (Å²) in [6, 6.07) is 9.72. The van der Waals surface area contributed by atoms with Crippen LogP contribution in [0.3, 0.4) is 0 Å². The van der Waals surface area contributed by atoms with Gasteiger partial charge in [-0.3, -0.25) is 19.3 Å². The summed E-state index contributed by atoms with van der Waals surface area (Å²) in [4.78, 5) is 40.6. The van der Waals surface area contributed by atoms with Crippen molar-refractivity contribution in [3.8, 4) is 6.07 Å². The van der Waals surface area contributed by atoms with E-state index in [1.807, 2.05) is 0 Å². The Bertz CT molecular complexity index is 1210. The van der Waals surface area contributed by atoms with Gasteiger partial charge in [0.2, 0.25) is 5.91 Å². The fourth-order valence-corrected chi connectivity index (χ4v) is 10.1. The zero-order valence-corrected chi connectivity index (χ0v) is 30.2. The molecule has 3 amide bonds. The standard InChI is InChI=1S/C37H57N4O5P/c1-6-16-31-32-19-11-12-21-37(32,22-20-33(31)46-47(45-26-15-23-38)41(27(2)3)28(4)5)36(44)39-24-13-7-8-14-25-40-34(42)29-17-9-10-18-30(29)35(40)43/h9-10,17-18,27-28,31-33H,6-8,11-16,19-22,24-26H2,1-5H3,(H,39,44)/t31-,32-,33?,37+,47?/m1/s1. The molecule has 1 N–H and O–H groups in total. The van der Waals surface area contributed by atoms with Crippen LogP contribution in [0.4, 0.5) is 0 Å². The molecule has 1 aromatic rings. The number of hydrogen-bond acceptors (Lipinski definition) is 7. The van der Waals surface area contributed by atoms with Crippen LogP contribution in [0.2, 0.25) is 0 Å². The molecule has 1 aromatic carbocycles. The fourth-order valence-electron chi connectivity index (χ4n) is 8.30. The number of rotatable bonds is 18. The van der Waals surface area contributed by atoms with Crippen LogP contribution in [0.1, 0.15) is 139 Å². The maximum Gasteiger partial charge on any atom is 0.261 e. The quantitative estimate of drug-likeness (QED) is 0.0958. The van der Waals surface area contributed by atoms with Crippen molar-refractivity contribution in [3.05, 3.63) is 35.4 Å². The van der Waals surface area contributed by atoms with Crippen molar-refractivity contribution in [1.29, 1.82) is 5.26 Å². The normalized spacial score (nSPS) is 24.8. The van der Waals surface area contributed by atoms with Crippen LogP contribution in [0.15, 0.2) is 24.3 Å². The molecular weight excluding hydrogens is 611 g/mol. The van der Waals surface area contributed by atoms with Gasteiger partial charge in [0.05, 0.1) is 41.7 Å². The van der Waals surface area contributed by atoms with Crippen LogP contribution in [-0.4, -0.2) is 65.2 Å². The Morgan fingerprint density at radius 1 is 1.04 bits per heavy atom. The highest BCUT2D eigenvalue weighted by atomic mass is 31.2. The van der Waals surface area contributed by atoms with Gasteiger partial charge in [-0.25, -0.2) is 4.67 Å². The molecule has 2 saturated carbocycles. The average molecular weight is 669 g/mol. The van der Waals surface area contributed by atoms with Crippen LogP contribution in [0.5, 0.6) is 0 Å². The third-order valence-electron chi connectivity index (χ3n) is 10.4. The predicted octanol–water partition coefficient (Wildman–Crippen LogP) is 8.01. The number of unbranched alkanes of at least 4 members (excludes halogenated alkanes) is 3. The van der Waals surface area contributed by atoms with E-state index < -0.39 is 8.53 Å². The summed E-state index contributed by atoms with van der Waals surface area (Å²) in [6.45, 7) is 12.3. The van der Waals surface area contributed by atoms with E-state index in [0.29, 0.717) is 43.2 Å². The third kappa shape index (κ3) is 8.81. The second kappa shape index (κ2) is 17.9. The molecule has 47 heavy (non-hydrogen) atoms. The lowest BCUT2D eigenvalue weighted by Crippen LogP contribution is -2.55. The minimum Gasteiger partial charge on any atom is -0.356 e. The molecule has 9 nitrogen and oxygen atoms in total. The van der Waals surface area contributed by atoms with E-state index in [1.165, 1.54) is 4.90 Å². The van der Waals surface area contributed by atoms with E-state index >= 15 is 0 Å². The fraction of sp³-hybridized carbons (Fsp3) is 0.730.